The summed E-state index contributed by atoms with van der Waals surface area (Å²) in [5.74, 6) is -0.396. The Balaban J connectivity index is 2.23. The molecule has 0 bridgehead atoms. The Morgan fingerprint density at radius 1 is 1.50 bits per heavy atom. The fourth-order valence-corrected chi connectivity index (χ4v) is 2.57. The van der Waals surface area contributed by atoms with Crippen LogP contribution in [0, 0.1) is 3.57 Å². The van der Waals surface area contributed by atoms with Crippen LogP contribution in [0.25, 0.3) is 0 Å². The van der Waals surface area contributed by atoms with Crippen LogP contribution in [0.5, 0.6) is 0 Å². The Morgan fingerprint density at radius 3 is 3.00 bits per heavy atom. The summed E-state index contributed by atoms with van der Waals surface area (Å²) in [5, 5.41) is 3.91. The maximum Gasteiger partial charge on any atom is 0.360 e. The third-order valence-corrected chi connectivity index (χ3v) is 3.84. The van der Waals surface area contributed by atoms with E-state index in [-0.39, 0.29) is 0 Å². The van der Waals surface area contributed by atoms with Gasteiger partial charge in [-0.15, -0.1) is 11.3 Å². The second kappa shape index (κ2) is 6.14. The number of nitrogens with one attached hydrogen (secondary N) is 1. The molecule has 2 rings (SSSR count). The molecule has 0 radical (unpaired) electrons. The fraction of sp³-hybridized carbons (Fsp3) is 0.167. The van der Waals surface area contributed by atoms with Crippen LogP contribution in [0.4, 0.5) is 10.7 Å². The van der Waals surface area contributed by atoms with Gasteiger partial charge in [0.15, 0.2) is 5.69 Å². The molecule has 0 unspecified atom stereocenters. The Labute approximate surface area is 123 Å². The van der Waals surface area contributed by atoms with E-state index in [0.717, 1.165) is 9.26 Å². The van der Waals surface area contributed by atoms with Gasteiger partial charge in [0.1, 0.15) is 5.00 Å². The molecule has 0 aliphatic carbocycles. The van der Waals surface area contributed by atoms with Crippen molar-refractivity contribution in [3.05, 3.63) is 39.0 Å². The third-order valence-electron chi connectivity index (χ3n) is 2.16. The van der Waals surface area contributed by atoms with Crippen molar-refractivity contribution in [2.75, 3.05) is 11.9 Å². The summed E-state index contributed by atoms with van der Waals surface area (Å²) < 4.78 is 6.04. The Kier molecular flexibility index (Phi) is 4.54. The van der Waals surface area contributed by atoms with E-state index in [1.54, 1.807) is 12.4 Å². The number of thiazole rings is 1. The first kappa shape index (κ1) is 13.3. The van der Waals surface area contributed by atoms with E-state index in [1.165, 1.54) is 11.3 Å². The summed E-state index contributed by atoms with van der Waals surface area (Å²) in [7, 11) is 0. The van der Waals surface area contributed by atoms with Crippen molar-refractivity contribution >= 4 is 50.6 Å². The van der Waals surface area contributed by atoms with Crippen molar-refractivity contribution in [2.24, 2.45) is 0 Å². The van der Waals surface area contributed by atoms with Crippen molar-refractivity contribution in [1.82, 2.24) is 4.98 Å². The first-order valence-corrected chi connectivity index (χ1v) is 7.30. The van der Waals surface area contributed by atoms with Gasteiger partial charge in [-0.05, 0) is 41.6 Å². The largest absolute Gasteiger partial charge is 0.461 e. The minimum Gasteiger partial charge on any atom is -0.461 e. The third kappa shape index (κ3) is 2.99. The lowest BCUT2D eigenvalue weighted by molar-refractivity contribution is 0.0521. The maximum atomic E-state index is 11.7. The van der Waals surface area contributed by atoms with Gasteiger partial charge in [0.05, 0.1) is 17.8 Å². The zero-order valence-corrected chi connectivity index (χ0v) is 12.6. The summed E-state index contributed by atoms with van der Waals surface area (Å²) in [4.78, 5) is 15.7. The van der Waals surface area contributed by atoms with Gasteiger partial charge in [-0.2, -0.15) is 0 Å². The van der Waals surface area contributed by atoms with Crippen LogP contribution >= 0.6 is 33.9 Å². The molecular weight excluding hydrogens is 363 g/mol. The zero-order chi connectivity index (χ0) is 13.0. The number of para-hydroxylation sites is 1. The number of halogens is 1. The monoisotopic (exact) mass is 374 g/mol. The zero-order valence-electron chi connectivity index (χ0n) is 9.64. The molecule has 1 N–H and O–H groups in total. The lowest BCUT2D eigenvalue weighted by atomic mass is 10.3. The van der Waals surface area contributed by atoms with Gasteiger partial charge in [0, 0.05) is 3.57 Å². The van der Waals surface area contributed by atoms with Crippen LogP contribution in [0.1, 0.15) is 17.4 Å². The van der Waals surface area contributed by atoms with Gasteiger partial charge in [-0.3, -0.25) is 0 Å². The van der Waals surface area contributed by atoms with Gasteiger partial charge in [-0.1, -0.05) is 12.1 Å². The number of carbonyl (C=O) groups is 1. The van der Waals surface area contributed by atoms with E-state index in [4.69, 9.17) is 4.74 Å². The summed E-state index contributed by atoms with van der Waals surface area (Å²) in [6, 6.07) is 7.85. The molecule has 0 fully saturated rings. The van der Waals surface area contributed by atoms with Crippen LogP contribution in [0.2, 0.25) is 0 Å². The van der Waals surface area contributed by atoms with Gasteiger partial charge < -0.3 is 10.1 Å². The standard InChI is InChI=1S/C12H11IN2O2S/c1-2-17-12(16)10-11(18-7-14-10)15-9-6-4-3-5-8(9)13/h3-7,15H,2H2,1H3. The smallest absolute Gasteiger partial charge is 0.360 e. The molecule has 1 heterocycles. The first-order chi connectivity index (χ1) is 8.72. The predicted octanol–water partition coefficient (Wildman–Crippen LogP) is 3.67. The molecule has 1 aromatic carbocycles. The quantitative estimate of drug-likeness (QED) is 0.656. The lowest BCUT2D eigenvalue weighted by Gasteiger charge is -2.07. The second-order valence-corrected chi connectivity index (χ2v) is 5.37. The number of carbonyl (C=O) groups excluding carboxylic acids is 1. The maximum absolute atomic E-state index is 11.7. The number of esters is 1. The average molecular weight is 374 g/mol. The van der Waals surface area contributed by atoms with Crippen LogP contribution < -0.4 is 5.32 Å². The second-order valence-electron chi connectivity index (χ2n) is 3.36. The minimum atomic E-state index is -0.396. The van der Waals surface area contributed by atoms with E-state index in [1.807, 2.05) is 24.3 Å². The van der Waals surface area contributed by atoms with E-state index in [2.05, 4.69) is 32.9 Å². The highest BCUT2D eigenvalue weighted by atomic mass is 127. The van der Waals surface area contributed by atoms with Gasteiger partial charge in [0.25, 0.3) is 0 Å². The van der Waals surface area contributed by atoms with Gasteiger partial charge in [0.2, 0.25) is 0 Å². The number of benzene rings is 1. The normalized spacial score (nSPS) is 10.1. The topological polar surface area (TPSA) is 51.2 Å². The predicted molar refractivity (Wildman–Crippen MR) is 80.5 cm³/mol. The summed E-state index contributed by atoms with van der Waals surface area (Å²) in [6.07, 6.45) is 0. The summed E-state index contributed by atoms with van der Waals surface area (Å²) in [5.41, 5.74) is 2.92. The number of aromatic nitrogens is 1. The van der Waals surface area contributed by atoms with E-state index in [9.17, 15) is 4.79 Å². The highest BCUT2D eigenvalue weighted by Gasteiger charge is 2.16. The molecule has 0 spiro atoms. The van der Waals surface area contributed by atoms with Crippen LogP contribution in [-0.2, 0) is 4.74 Å². The SMILES string of the molecule is CCOC(=O)c1ncsc1Nc1ccccc1I. The van der Waals surface area contributed by atoms with Crippen LogP contribution in [0.15, 0.2) is 29.8 Å². The number of hydrogen-bond acceptors (Lipinski definition) is 5. The molecule has 18 heavy (non-hydrogen) atoms. The number of anilines is 2. The van der Waals surface area contributed by atoms with Crippen molar-refractivity contribution < 1.29 is 9.53 Å². The Hall–Kier alpha value is -1.15. The molecule has 1 aromatic heterocycles. The Bertz CT molecular complexity index is 557. The van der Waals surface area contributed by atoms with E-state index >= 15 is 0 Å². The van der Waals surface area contributed by atoms with E-state index in [0.29, 0.717) is 17.3 Å². The molecule has 6 heteroatoms. The average Bonchev–Trinajstić information content (AvgIpc) is 2.81. The summed E-state index contributed by atoms with van der Waals surface area (Å²) >= 11 is 3.62. The fourth-order valence-electron chi connectivity index (χ4n) is 1.36. The number of ether oxygens (including phenoxy) is 1. The molecule has 0 saturated carbocycles. The number of hydrogen-bond donors (Lipinski definition) is 1. The molecule has 0 aliphatic rings. The van der Waals surface area contributed by atoms with E-state index < -0.39 is 5.97 Å². The minimum absolute atomic E-state index is 0.335. The van der Waals surface area contributed by atoms with Gasteiger partial charge in [-0.25, -0.2) is 9.78 Å². The molecule has 94 valence electrons. The highest BCUT2D eigenvalue weighted by Crippen LogP contribution is 2.28. The van der Waals surface area contributed by atoms with Crippen molar-refractivity contribution in [1.29, 1.82) is 0 Å². The molecular formula is C12H11IN2O2S. The Morgan fingerprint density at radius 2 is 2.28 bits per heavy atom. The molecule has 0 atom stereocenters. The number of nitrogens with zero attached hydrogens (tertiary/aromatic N) is 1. The van der Waals surface area contributed by atoms with Crippen molar-refractivity contribution in [2.45, 2.75) is 6.92 Å². The van der Waals surface area contributed by atoms with Crippen molar-refractivity contribution in [3.63, 3.8) is 0 Å². The molecule has 0 saturated heterocycles. The summed E-state index contributed by atoms with van der Waals surface area (Å²) in [6.45, 7) is 2.12. The van der Waals surface area contributed by atoms with Crippen LogP contribution in [0.3, 0.4) is 0 Å². The lowest BCUT2D eigenvalue weighted by Crippen LogP contribution is -2.07. The molecule has 2 aromatic rings. The first-order valence-electron chi connectivity index (χ1n) is 5.34. The van der Waals surface area contributed by atoms with Crippen LogP contribution in [-0.4, -0.2) is 17.6 Å². The van der Waals surface area contributed by atoms with Gasteiger partial charge >= 0.3 is 5.97 Å². The molecule has 0 aliphatic heterocycles. The highest BCUT2D eigenvalue weighted by molar-refractivity contribution is 14.1. The molecule has 4 nitrogen and oxygen atoms in total. The number of rotatable bonds is 4. The molecule has 0 amide bonds. The van der Waals surface area contributed by atoms with Crippen molar-refractivity contribution in [3.8, 4) is 0 Å².